The van der Waals surface area contributed by atoms with Crippen molar-refractivity contribution in [2.45, 2.75) is 0 Å². The molecule has 69 valence electrons. The summed E-state index contributed by atoms with van der Waals surface area (Å²) in [5.41, 5.74) is 0.968. The fraction of sp³-hybridized carbons (Fsp3) is 0.400. The second-order valence-corrected chi connectivity index (χ2v) is 3.14. The smallest absolute Gasteiger partial charge is 0.125 e. The number of anilines is 1. The zero-order valence-corrected chi connectivity index (χ0v) is 7.41. The summed E-state index contributed by atoms with van der Waals surface area (Å²) in [5.74, 6) is -0.167. The van der Waals surface area contributed by atoms with E-state index in [1.54, 1.807) is 12.1 Å². The molecule has 0 aromatic heterocycles. The molecule has 1 aromatic rings. The van der Waals surface area contributed by atoms with Crippen molar-refractivity contribution >= 4 is 5.69 Å². The second kappa shape index (κ2) is 3.75. The van der Waals surface area contributed by atoms with E-state index >= 15 is 0 Å². The van der Waals surface area contributed by atoms with Crippen molar-refractivity contribution in [2.24, 2.45) is 0 Å². The Hall–Kier alpha value is -1.09. The molecule has 0 amide bonds. The van der Waals surface area contributed by atoms with Gasteiger partial charge < -0.3 is 4.90 Å². The van der Waals surface area contributed by atoms with Gasteiger partial charge in [-0.2, -0.15) is 0 Å². The largest absolute Gasteiger partial charge is 0.369 e. The standard InChI is InChI=1S/C10H12FN2/c11-9-2-1-3-10(8-9)13-6-4-12-5-7-13/h1-3,8H,4-7H2. The van der Waals surface area contributed by atoms with Crippen molar-refractivity contribution in [2.75, 3.05) is 31.1 Å². The van der Waals surface area contributed by atoms with Crippen LogP contribution >= 0.6 is 0 Å². The van der Waals surface area contributed by atoms with Gasteiger partial charge in [-0.3, -0.25) is 0 Å². The monoisotopic (exact) mass is 179 g/mol. The maximum Gasteiger partial charge on any atom is 0.125 e. The van der Waals surface area contributed by atoms with E-state index in [4.69, 9.17) is 0 Å². The highest BCUT2D eigenvalue weighted by Gasteiger charge is 2.10. The molecule has 0 aliphatic carbocycles. The van der Waals surface area contributed by atoms with E-state index < -0.39 is 0 Å². The molecule has 1 saturated heterocycles. The van der Waals surface area contributed by atoms with Crippen LogP contribution in [-0.2, 0) is 0 Å². The normalized spacial score (nSPS) is 17.5. The van der Waals surface area contributed by atoms with Gasteiger partial charge in [-0.05, 0) is 18.2 Å². The summed E-state index contributed by atoms with van der Waals surface area (Å²) in [6.45, 7) is 3.53. The van der Waals surface area contributed by atoms with Crippen LogP contribution in [-0.4, -0.2) is 26.2 Å². The maximum atomic E-state index is 12.9. The summed E-state index contributed by atoms with van der Waals surface area (Å²) < 4.78 is 12.9. The van der Waals surface area contributed by atoms with Crippen molar-refractivity contribution in [3.63, 3.8) is 0 Å². The van der Waals surface area contributed by atoms with Crippen LogP contribution in [0.5, 0.6) is 0 Å². The van der Waals surface area contributed by atoms with Gasteiger partial charge in [0.15, 0.2) is 0 Å². The Balaban J connectivity index is 2.14. The molecule has 13 heavy (non-hydrogen) atoms. The van der Waals surface area contributed by atoms with Crippen LogP contribution in [0.1, 0.15) is 0 Å². The van der Waals surface area contributed by atoms with E-state index in [0.717, 1.165) is 31.9 Å². The summed E-state index contributed by atoms with van der Waals surface area (Å²) in [7, 11) is 0. The third kappa shape index (κ3) is 1.98. The van der Waals surface area contributed by atoms with Gasteiger partial charge in [-0.15, -0.1) is 0 Å². The molecule has 1 heterocycles. The van der Waals surface area contributed by atoms with Crippen LogP contribution in [0.3, 0.4) is 0 Å². The minimum absolute atomic E-state index is 0.167. The summed E-state index contributed by atoms with van der Waals surface area (Å²) in [6, 6.07) is 6.73. The Morgan fingerprint density at radius 1 is 1.23 bits per heavy atom. The summed E-state index contributed by atoms with van der Waals surface area (Å²) in [6.07, 6.45) is 0. The number of nitrogens with zero attached hydrogens (tertiary/aromatic N) is 2. The Kier molecular flexibility index (Phi) is 2.45. The predicted octanol–water partition coefficient (Wildman–Crippen LogP) is 1.25. The quantitative estimate of drug-likeness (QED) is 0.634. The molecule has 0 N–H and O–H groups in total. The number of piperazine rings is 1. The number of rotatable bonds is 1. The lowest BCUT2D eigenvalue weighted by molar-refractivity contribution is 0.575. The number of benzene rings is 1. The van der Waals surface area contributed by atoms with Crippen LogP contribution in [0.2, 0.25) is 0 Å². The molecule has 3 heteroatoms. The molecule has 2 rings (SSSR count). The van der Waals surface area contributed by atoms with Crippen molar-refractivity contribution in [1.29, 1.82) is 0 Å². The predicted molar refractivity (Wildman–Crippen MR) is 50.5 cm³/mol. The van der Waals surface area contributed by atoms with Gasteiger partial charge in [0.2, 0.25) is 0 Å². The van der Waals surface area contributed by atoms with Crippen LogP contribution in [0.4, 0.5) is 10.1 Å². The molecule has 1 aromatic carbocycles. The molecule has 1 radical (unpaired) electrons. The van der Waals surface area contributed by atoms with Gasteiger partial charge in [0.1, 0.15) is 5.82 Å². The summed E-state index contributed by atoms with van der Waals surface area (Å²) >= 11 is 0. The van der Waals surface area contributed by atoms with E-state index in [0.29, 0.717) is 0 Å². The van der Waals surface area contributed by atoms with E-state index in [9.17, 15) is 4.39 Å². The average molecular weight is 179 g/mol. The first kappa shape index (κ1) is 8.51. The summed E-state index contributed by atoms with van der Waals surface area (Å²) in [5, 5.41) is 4.24. The fourth-order valence-corrected chi connectivity index (χ4v) is 1.54. The van der Waals surface area contributed by atoms with Crippen LogP contribution in [0.15, 0.2) is 24.3 Å². The van der Waals surface area contributed by atoms with E-state index in [2.05, 4.69) is 10.2 Å². The molecule has 0 unspecified atom stereocenters. The first-order chi connectivity index (χ1) is 6.36. The van der Waals surface area contributed by atoms with Crippen molar-refractivity contribution in [1.82, 2.24) is 5.32 Å². The number of halogens is 1. The third-order valence-corrected chi connectivity index (χ3v) is 2.23. The average Bonchev–Trinajstić information content (AvgIpc) is 2.19. The van der Waals surface area contributed by atoms with Crippen molar-refractivity contribution in [3.05, 3.63) is 30.1 Å². The van der Waals surface area contributed by atoms with Crippen molar-refractivity contribution in [3.8, 4) is 0 Å². The molecule has 0 bridgehead atoms. The molecule has 1 aliphatic rings. The topological polar surface area (TPSA) is 17.3 Å². The van der Waals surface area contributed by atoms with Crippen LogP contribution < -0.4 is 10.2 Å². The highest BCUT2D eigenvalue weighted by Crippen LogP contribution is 2.15. The van der Waals surface area contributed by atoms with Gasteiger partial charge in [-0.1, -0.05) is 6.07 Å². The Labute approximate surface area is 77.4 Å². The van der Waals surface area contributed by atoms with Gasteiger partial charge >= 0.3 is 0 Å². The van der Waals surface area contributed by atoms with Crippen LogP contribution in [0.25, 0.3) is 0 Å². The van der Waals surface area contributed by atoms with Crippen LogP contribution in [0, 0.1) is 5.82 Å². The van der Waals surface area contributed by atoms with Gasteiger partial charge in [0, 0.05) is 31.9 Å². The molecular formula is C10H12FN2. The van der Waals surface area contributed by atoms with Gasteiger partial charge in [-0.25, -0.2) is 9.71 Å². The van der Waals surface area contributed by atoms with E-state index in [1.165, 1.54) is 6.07 Å². The lowest BCUT2D eigenvalue weighted by atomic mass is 10.2. The lowest BCUT2D eigenvalue weighted by Gasteiger charge is -2.28. The Morgan fingerprint density at radius 3 is 2.69 bits per heavy atom. The maximum absolute atomic E-state index is 12.9. The minimum atomic E-state index is -0.167. The molecule has 0 atom stereocenters. The number of hydrogen-bond acceptors (Lipinski definition) is 1. The molecule has 1 aliphatic heterocycles. The highest BCUT2D eigenvalue weighted by atomic mass is 19.1. The zero-order valence-electron chi connectivity index (χ0n) is 7.41. The summed E-state index contributed by atoms with van der Waals surface area (Å²) in [4.78, 5) is 2.16. The Bertz CT molecular complexity index is 282. The van der Waals surface area contributed by atoms with E-state index in [-0.39, 0.29) is 5.82 Å². The Morgan fingerprint density at radius 2 is 2.00 bits per heavy atom. The van der Waals surface area contributed by atoms with Crippen molar-refractivity contribution < 1.29 is 4.39 Å². The van der Waals surface area contributed by atoms with Gasteiger partial charge in [0.05, 0.1) is 0 Å². The second-order valence-electron chi connectivity index (χ2n) is 3.14. The minimum Gasteiger partial charge on any atom is -0.369 e. The SMILES string of the molecule is Fc1cccc(N2CC[N]CC2)c1. The highest BCUT2D eigenvalue weighted by molar-refractivity contribution is 5.46. The van der Waals surface area contributed by atoms with Gasteiger partial charge in [0.25, 0.3) is 0 Å². The molecule has 1 fully saturated rings. The third-order valence-electron chi connectivity index (χ3n) is 2.23. The molecule has 0 spiro atoms. The first-order valence-electron chi connectivity index (χ1n) is 4.50. The molecular weight excluding hydrogens is 167 g/mol. The lowest BCUT2D eigenvalue weighted by Crippen LogP contribution is -2.40. The fourth-order valence-electron chi connectivity index (χ4n) is 1.54. The first-order valence-corrected chi connectivity index (χ1v) is 4.50. The molecule has 2 nitrogen and oxygen atoms in total. The van der Waals surface area contributed by atoms with E-state index in [1.807, 2.05) is 6.07 Å². The zero-order chi connectivity index (χ0) is 9.10. The number of hydrogen-bond donors (Lipinski definition) is 0. The molecule has 0 saturated carbocycles.